The number of hydrogen-bond acceptors (Lipinski definition) is 3. The van der Waals surface area contributed by atoms with Gasteiger partial charge in [0.25, 0.3) is 0 Å². The van der Waals surface area contributed by atoms with Crippen molar-refractivity contribution >= 4 is 28.6 Å². The second kappa shape index (κ2) is 6.60. The quantitative estimate of drug-likeness (QED) is 0.477. The third kappa shape index (κ3) is 3.50. The molecule has 2 aromatic heterocycles. The molecule has 0 fully saturated rings. The predicted molar refractivity (Wildman–Crippen MR) is 87.5 cm³/mol. The predicted octanol–water partition coefficient (Wildman–Crippen LogP) is 4.84. The van der Waals surface area contributed by atoms with Crippen molar-refractivity contribution in [1.29, 1.82) is 0 Å². The van der Waals surface area contributed by atoms with E-state index in [-0.39, 0.29) is 16.4 Å². The number of hydrogen-bond donors (Lipinski definition) is 0. The highest BCUT2D eigenvalue weighted by atomic mass is 35.5. The molecule has 26 heavy (non-hydrogen) atoms. The van der Waals surface area contributed by atoms with Gasteiger partial charge in [0, 0.05) is 17.1 Å². The highest BCUT2D eigenvalue weighted by Gasteiger charge is 2.29. The summed E-state index contributed by atoms with van der Waals surface area (Å²) in [4.78, 5) is 15.6. The third-order valence-electron chi connectivity index (χ3n) is 3.70. The molecule has 9 heteroatoms. The number of esters is 1. The molecule has 0 saturated heterocycles. The summed E-state index contributed by atoms with van der Waals surface area (Å²) in [5.41, 5.74) is 0.486. The molecule has 0 saturated carbocycles. The average Bonchev–Trinajstić information content (AvgIpc) is 2.92. The monoisotopic (exact) mass is 386 g/mol. The van der Waals surface area contributed by atoms with Crippen LogP contribution in [0.3, 0.4) is 0 Å². The summed E-state index contributed by atoms with van der Waals surface area (Å²) >= 11 is 5.66. The largest absolute Gasteiger partial charge is 0.464 e. The van der Waals surface area contributed by atoms with Gasteiger partial charge in [-0.05, 0) is 29.8 Å². The summed E-state index contributed by atoms with van der Waals surface area (Å²) in [5, 5.41) is 0.238. The zero-order valence-corrected chi connectivity index (χ0v) is 14.0. The molecule has 0 aliphatic rings. The molecular weight excluding hydrogens is 376 g/mol. The van der Waals surface area contributed by atoms with Gasteiger partial charge in [-0.3, -0.25) is 0 Å². The molecule has 2 heterocycles. The van der Waals surface area contributed by atoms with Gasteiger partial charge in [-0.2, -0.15) is 13.2 Å². The Hall–Kier alpha value is -2.61. The van der Waals surface area contributed by atoms with Crippen LogP contribution in [0.2, 0.25) is 5.02 Å². The van der Waals surface area contributed by atoms with E-state index in [1.54, 1.807) is 0 Å². The Bertz CT molecular complexity index is 998. The van der Waals surface area contributed by atoms with Crippen molar-refractivity contribution in [2.24, 2.45) is 0 Å². The molecule has 0 radical (unpaired) electrons. The molecule has 0 unspecified atom stereocenters. The van der Waals surface area contributed by atoms with Crippen LogP contribution in [0.25, 0.3) is 22.2 Å². The van der Waals surface area contributed by atoms with Gasteiger partial charge in [-0.1, -0.05) is 17.7 Å². The Morgan fingerprint density at radius 3 is 2.62 bits per heavy atom. The lowest BCUT2D eigenvalue weighted by atomic mass is 10.1. The van der Waals surface area contributed by atoms with E-state index in [1.807, 2.05) is 0 Å². The van der Waals surface area contributed by atoms with Crippen molar-refractivity contribution in [3.63, 3.8) is 0 Å². The molecule has 0 aliphatic carbocycles. The first-order valence-corrected chi connectivity index (χ1v) is 7.68. The summed E-state index contributed by atoms with van der Waals surface area (Å²) in [6, 6.07) is 6.72. The Labute approximate surface area is 150 Å². The van der Waals surface area contributed by atoms with Crippen molar-refractivity contribution in [3.8, 4) is 11.1 Å². The highest BCUT2D eigenvalue weighted by molar-refractivity contribution is 6.30. The van der Waals surface area contributed by atoms with Gasteiger partial charge in [0.2, 0.25) is 0 Å². The van der Waals surface area contributed by atoms with Crippen LogP contribution in [0, 0.1) is 5.82 Å². The number of ether oxygens (including phenoxy) is 1. The average molecular weight is 387 g/mol. The first-order chi connectivity index (χ1) is 12.2. The van der Waals surface area contributed by atoms with Crippen molar-refractivity contribution in [2.45, 2.75) is 12.7 Å². The second-order valence-corrected chi connectivity index (χ2v) is 5.88. The molecule has 0 spiro atoms. The van der Waals surface area contributed by atoms with E-state index in [4.69, 9.17) is 11.6 Å². The molecule has 0 atom stereocenters. The van der Waals surface area contributed by atoms with E-state index in [9.17, 15) is 22.4 Å². The maximum atomic E-state index is 13.8. The van der Waals surface area contributed by atoms with Gasteiger partial charge in [-0.15, -0.1) is 0 Å². The summed E-state index contributed by atoms with van der Waals surface area (Å²) in [6.45, 7) is -1.31. The number of methoxy groups -OCH3 is 1. The summed E-state index contributed by atoms with van der Waals surface area (Å²) < 4.78 is 57.9. The van der Waals surface area contributed by atoms with Gasteiger partial charge in [0.05, 0.1) is 12.1 Å². The molecule has 3 aromatic rings. The van der Waals surface area contributed by atoms with Crippen LogP contribution in [-0.2, 0) is 11.3 Å². The molecule has 0 bridgehead atoms. The van der Waals surface area contributed by atoms with E-state index < -0.39 is 24.5 Å². The molecule has 0 N–H and O–H groups in total. The summed E-state index contributed by atoms with van der Waals surface area (Å²) in [7, 11) is 1.14. The zero-order valence-electron chi connectivity index (χ0n) is 13.3. The lowest BCUT2D eigenvalue weighted by Crippen LogP contribution is -2.17. The maximum absolute atomic E-state index is 13.8. The van der Waals surface area contributed by atoms with Gasteiger partial charge in [0.1, 0.15) is 18.0 Å². The number of benzene rings is 1. The first-order valence-electron chi connectivity index (χ1n) is 7.30. The topological polar surface area (TPSA) is 44.1 Å². The van der Waals surface area contributed by atoms with Crippen LogP contribution in [0.4, 0.5) is 17.6 Å². The normalized spacial score (nSPS) is 11.8. The Morgan fingerprint density at radius 1 is 1.27 bits per heavy atom. The van der Waals surface area contributed by atoms with Gasteiger partial charge < -0.3 is 9.30 Å². The van der Waals surface area contributed by atoms with Crippen LogP contribution in [0.1, 0.15) is 10.5 Å². The Kier molecular flexibility index (Phi) is 4.62. The van der Waals surface area contributed by atoms with Crippen LogP contribution >= 0.6 is 11.6 Å². The minimum Gasteiger partial charge on any atom is -0.464 e. The Morgan fingerprint density at radius 2 is 2.00 bits per heavy atom. The number of halogens is 5. The van der Waals surface area contributed by atoms with Crippen molar-refractivity contribution in [3.05, 3.63) is 53.1 Å². The van der Waals surface area contributed by atoms with E-state index in [0.29, 0.717) is 16.5 Å². The molecule has 3 rings (SSSR count). The summed E-state index contributed by atoms with van der Waals surface area (Å²) in [5.74, 6) is -1.47. The number of fused-ring (bicyclic) bond motifs is 1. The molecule has 0 amide bonds. The van der Waals surface area contributed by atoms with Gasteiger partial charge >= 0.3 is 12.1 Å². The third-order valence-corrected chi connectivity index (χ3v) is 4.00. The summed E-state index contributed by atoms with van der Waals surface area (Å²) in [6.07, 6.45) is -3.29. The second-order valence-electron chi connectivity index (χ2n) is 5.47. The lowest BCUT2D eigenvalue weighted by Gasteiger charge is -2.08. The number of alkyl halides is 3. The molecular formula is C17H11ClF4N2O2. The molecule has 136 valence electrons. The van der Waals surface area contributed by atoms with E-state index in [0.717, 1.165) is 17.7 Å². The van der Waals surface area contributed by atoms with Crippen molar-refractivity contribution in [1.82, 2.24) is 9.55 Å². The smallest absolute Gasteiger partial charge is 0.406 e. The number of carbonyl (C=O) groups excluding carboxylic acids is 1. The number of rotatable bonds is 3. The van der Waals surface area contributed by atoms with Crippen LogP contribution in [-0.4, -0.2) is 28.8 Å². The number of carbonyl (C=O) groups is 1. The van der Waals surface area contributed by atoms with Crippen LogP contribution in [0.15, 0.2) is 36.5 Å². The van der Waals surface area contributed by atoms with E-state index >= 15 is 0 Å². The minimum absolute atomic E-state index is 0.0596. The minimum atomic E-state index is -4.50. The van der Waals surface area contributed by atoms with E-state index in [1.165, 1.54) is 30.5 Å². The zero-order chi connectivity index (χ0) is 19.1. The van der Waals surface area contributed by atoms with Crippen molar-refractivity contribution < 1.29 is 27.1 Å². The Balaban J connectivity index is 2.23. The fourth-order valence-corrected chi connectivity index (χ4v) is 2.71. The van der Waals surface area contributed by atoms with E-state index in [2.05, 4.69) is 9.72 Å². The number of aromatic nitrogens is 2. The fraction of sp³-hybridized carbons (Fsp3) is 0.176. The standard InChI is InChI=1S/C17H11ClF4N2O2/c1-26-16(25)14-5-3-10-11(9-2-4-12(18)13(19)6-9)7-24(15(10)23-14)8-17(20,21)22/h2-7H,8H2,1H3. The SMILES string of the molecule is COC(=O)c1ccc2c(-c3ccc(Cl)c(F)c3)cn(CC(F)(F)F)c2n1. The van der Waals surface area contributed by atoms with Crippen LogP contribution < -0.4 is 0 Å². The first kappa shape index (κ1) is 18.2. The number of pyridine rings is 1. The maximum Gasteiger partial charge on any atom is 0.406 e. The molecule has 0 aliphatic heterocycles. The molecule has 4 nitrogen and oxygen atoms in total. The lowest BCUT2D eigenvalue weighted by molar-refractivity contribution is -0.139. The van der Waals surface area contributed by atoms with Gasteiger partial charge in [-0.25, -0.2) is 14.2 Å². The fourth-order valence-electron chi connectivity index (χ4n) is 2.59. The van der Waals surface area contributed by atoms with Crippen LogP contribution in [0.5, 0.6) is 0 Å². The highest BCUT2D eigenvalue weighted by Crippen LogP contribution is 2.33. The molecule has 1 aromatic carbocycles. The van der Waals surface area contributed by atoms with Crippen molar-refractivity contribution in [2.75, 3.05) is 7.11 Å². The van der Waals surface area contributed by atoms with Gasteiger partial charge in [0.15, 0.2) is 5.69 Å². The number of nitrogens with zero attached hydrogens (tertiary/aromatic N) is 2.